The van der Waals surface area contributed by atoms with Gasteiger partial charge in [0.05, 0.1) is 12.1 Å². The van der Waals surface area contributed by atoms with E-state index in [0.717, 1.165) is 25.4 Å². The largest absolute Gasteiger partial charge is 0.288 e. The molecule has 1 heterocycles. The summed E-state index contributed by atoms with van der Waals surface area (Å²) >= 11 is 0. The van der Waals surface area contributed by atoms with Crippen LogP contribution >= 0.6 is 0 Å². The highest BCUT2D eigenvalue weighted by atomic mass is 15.2. The van der Waals surface area contributed by atoms with Crippen molar-refractivity contribution in [2.45, 2.75) is 32.7 Å². The maximum absolute atomic E-state index is 8.78. The van der Waals surface area contributed by atoms with Gasteiger partial charge in [-0.05, 0) is 25.3 Å². The lowest BCUT2D eigenvalue weighted by atomic mass is 10.2. The van der Waals surface area contributed by atoms with Crippen LogP contribution in [0.5, 0.6) is 0 Å². The van der Waals surface area contributed by atoms with Crippen molar-refractivity contribution in [2.75, 3.05) is 13.1 Å². The zero-order valence-corrected chi connectivity index (χ0v) is 7.38. The summed E-state index contributed by atoms with van der Waals surface area (Å²) in [7, 11) is 0. The number of nitrogens with zero attached hydrogens (tertiary/aromatic N) is 2. The molecule has 1 fully saturated rings. The van der Waals surface area contributed by atoms with Crippen LogP contribution in [0.2, 0.25) is 0 Å². The van der Waals surface area contributed by atoms with Gasteiger partial charge in [-0.3, -0.25) is 4.90 Å². The van der Waals surface area contributed by atoms with E-state index < -0.39 is 0 Å². The van der Waals surface area contributed by atoms with Crippen LogP contribution in [0.15, 0.2) is 0 Å². The van der Waals surface area contributed by atoms with E-state index >= 15 is 0 Å². The molecule has 0 aromatic heterocycles. The lowest BCUT2D eigenvalue weighted by molar-refractivity contribution is 0.275. The Morgan fingerprint density at radius 2 is 2.45 bits per heavy atom. The Balaban J connectivity index is 2.42. The Labute approximate surface area is 68.8 Å². The van der Waals surface area contributed by atoms with Crippen molar-refractivity contribution in [3.8, 4) is 6.07 Å². The number of hydrogen-bond donors (Lipinski definition) is 0. The molecule has 0 aromatic carbocycles. The maximum atomic E-state index is 8.78. The summed E-state index contributed by atoms with van der Waals surface area (Å²) in [6.45, 7) is 6.57. The Hall–Kier alpha value is -0.550. The maximum Gasteiger partial charge on any atom is 0.0975 e. The van der Waals surface area contributed by atoms with Crippen molar-refractivity contribution < 1.29 is 0 Å². The molecule has 2 unspecified atom stereocenters. The monoisotopic (exact) mass is 152 g/mol. The summed E-state index contributed by atoms with van der Waals surface area (Å²) in [6.07, 6.45) is 2.22. The van der Waals surface area contributed by atoms with Crippen molar-refractivity contribution in [3.05, 3.63) is 0 Å². The van der Waals surface area contributed by atoms with E-state index in [1.54, 1.807) is 0 Å². The minimum atomic E-state index is 0.167. The third-order valence-electron chi connectivity index (χ3n) is 2.43. The van der Waals surface area contributed by atoms with Crippen molar-refractivity contribution in [1.29, 1.82) is 5.26 Å². The topological polar surface area (TPSA) is 27.0 Å². The van der Waals surface area contributed by atoms with Crippen LogP contribution in [-0.4, -0.2) is 24.0 Å². The zero-order chi connectivity index (χ0) is 8.27. The summed E-state index contributed by atoms with van der Waals surface area (Å²) in [6, 6.07) is 2.51. The molecule has 11 heavy (non-hydrogen) atoms. The lowest BCUT2D eigenvalue weighted by Gasteiger charge is -2.19. The fraction of sp³-hybridized carbons (Fsp3) is 0.889. The average Bonchev–Trinajstić information content (AvgIpc) is 2.39. The van der Waals surface area contributed by atoms with Gasteiger partial charge in [0, 0.05) is 6.54 Å². The molecule has 0 aromatic rings. The highest BCUT2D eigenvalue weighted by molar-refractivity contribution is 4.93. The fourth-order valence-corrected chi connectivity index (χ4v) is 1.68. The molecule has 0 aliphatic carbocycles. The predicted molar refractivity (Wildman–Crippen MR) is 45.0 cm³/mol. The van der Waals surface area contributed by atoms with Gasteiger partial charge in [-0.25, -0.2) is 0 Å². The predicted octanol–water partition coefficient (Wildman–Crippen LogP) is 1.63. The fourth-order valence-electron chi connectivity index (χ4n) is 1.68. The molecule has 0 bridgehead atoms. The third-order valence-corrected chi connectivity index (χ3v) is 2.43. The summed E-state index contributed by atoms with van der Waals surface area (Å²) in [5, 5.41) is 8.78. The molecule has 0 N–H and O–H groups in total. The molecule has 1 aliphatic heterocycles. The molecule has 2 atom stereocenters. The van der Waals surface area contributed by atoms with Gasteiger partial charge in [-0.15, -0.1) is 0 Å². The second-order valence-corrected chi connectivity index (χ2v) is 3.44. The van der Waals surface area contributed by atoms with Crippen molar-refractivity contribution >= 4 is 0 Å². The van der Waals surface area contributed by atoms with E-state index in [4.69, 9.17) is 5.26 Å². The van der Waals surface area contributed by atoms with Crippen LogP contribution in [0.1, 0.15) is 26.7 Å². The van der Waals surface area contributed by atoms with Gasteiger partial charge in [-0.2, -0.15) is 5.26 Å². The first kappa shape index (κ1) is 8.55. The highest BCUT2D eigenvalue weighted by Gasteiger charge is 2.24. The van der Waals surface area contributed by atoms with Gasteiger partial charge in [0.15, 0.2) is 0 Å². The van der Waals surface area contributed by atoms with Gasteiger partial charge in [0.25, 0.3) is 0 Å². The molecule has 0 spiro atoms. The van der Waals surface area contributed by atoms with Gasteiger partial charge in [-0.1, -0.05) is 13.8 Å². The highest BCUT2D eigenvalue weighted by Crippen LogP contribution is 2.18. The van der Waals surface area contributed by atoms with E-state index in [1.165, 1.54) is 6.42 Å². The van der Waals surface area contributed by atoms with Crippen molar-refractivity contribution in [2.24, 2.45) is 5.92 Å². The second-order valence-electron chi connectivity index (χ2n) is 3.44. The van der Waals surface area contributed by atoms with E-state index in [0.29, 0.717) is 0 Å². The summed E-state index contributed by atoms with van der Waals surface area (Å²) in [5.74, 6) is 0.789. The standard InChI is InChI=1S/C9H16N2/c1-3-9(6-10)11-5-4-8(2)7-11/h8-9H,3-5,7H2,1-2H3. The zero-order valence-electron chi connectivity index (χ0n) is 7.38. The van der Waals surface area contributed by atoms with E-state index in [1.807, 2.05) is 0 Å². The van der Waals surface area contributed by atoms with Crippen molar-refractivity contribution in [3.63, 3.8) is 0 Å². The molecule has 0 amide bonds. The minimum Gasteiger partial charge on any atom is -0.288 e. The van der Waals surface area contributed by atoms with Gasteiger partial charge < -0.3 is 0 Å². The smallest absolute Gasteiger partial charge is 0.0975 e. The van der Waals surface area contributed by atoms with Crippen LogP contribution in [-0.2, 0) is 0 Å². The first-order valence-electron chi connectivity index (χ1n) is 4.41. The van der Waals surface area contributed by atoms with Crippen LogP contribution < -0.4 is 0 Å². The molecule has 0 saturated carbocycles. The first-order valence-corrected chi connectivity index (χ1v) is 4.41. The van der Waals surface area contributed by atoms with Gasteiger partial charge in [0.2, 0.25) is 0 Å². The van der Waals surface area contributed by atoms with E-state index in [2.05, 4.69) is 24.8 Å². The Bertz CT molecular complexity index is 159. The molecule has 2 nitrogen and oxygen atoms in total. The molecule has 1 saturated heterocycles. The van der Waals surface area contributed by atoms with Crippen LogP contribution in [0, 0.1) is 17.2 Å². The number of rotatable bonds is 2. The van der Waals surface area contributed by atoms with Crippen LogP contribution in [0.4, 0.5) is 0 Å². The Kier molecular flexibility index (Phi) is 2.90. The number of likely N-dealkylation sites (tertiary alicyclic amines) is 1. The molecular formula is C9H16N2. The quantitative estimate of drug-likeness (QED) is 0.601. The second kappa shape index (κ2) is 3.73. The lowest BCUT2D eigenvalue weighted by Crippen LogP contribution is -2.31. The molecule has 62 valence electrons. The molecular weight excluding hydrogens is 136 g/mol. The molecule has 0 radical (unpaired) electrons. The SMILES string of the molecule is CCC(C#N)N1CCC(C)C1. The summed E-state index contributed by atoms with van der Waals surface area (Å²) < 4.78 is 0. The number of hydrogen-bond acceptors (Lipinski definition) is 2. The Morgan fingerprint density at radius 1 is 1.73 bits per heavy atom. The summed E-state index contributed by atoms with van der Waals surface area (Å²) in [4.78, 5) is 2.30. The van der Waals surface area contributed by atoms with E-state index in [9.17, 15) is 0 Å². The minimum absolute atomic E-state index is 0.167. The Morgan fingerprint density at radius 3 is 2.82 bits per heavy atom. The molecule has 1 aliphatic rings. The van der Waals surface area contributed by atoms with Gasteiger partial charge >= 0.3 is 0 Å². The molecule has 2 heteroatoms. The molecule has 1 rings (SSSR count). The summed E-state index contributed by atoms with van der Waals surface area (Å²) in [5.41, 5.74) is 0. The third kappa shape index (κ3) is 1.94. The van der Waals surface area contributed by atoms with Crippen LogP contribution in [0.3, 0.4) is 0 Å². The van der Waals surface area contributed by atoms with Crippen LogP contribution in [0.25, 0.3) is 0 Å². The average molecular weight is 152 g/mol. The normalized spacial score (nSPS) is 28.3. The first-order chi connectivity index (χ1) is 5.27. The van der Waals surface area contributed by atoms with Gasteiger partial charge in [0.1, 0.15) is 0 Å². The van der Waals surface area contributed by atoms with Crippen molar-refractivity contribution in [1.82, 2.24) is 4.90 Å². The number of nitriles is 1. The van der Waals surface area contributed by atoms with E-state index in [-0.39, 0.29) is 6.04 Å².